The van der Waals surface area contributed by atoms with Gasteiger partial charge in [0.1, 0.15) is 11.3 Å². The summed E-state index contributed by atoms with van der Waals surface area (Å²) in [5.74, 6) is 0.851. The Bertz CT molecular complexity index is 817. The van der Waals surface area contributed by atoms with Crippen molar-refractivity contribution in [2.45, 2.75) is 20.3 Å². The van der Waals surface area contributed by atoms with E-state index in [0.29, 0.717) is 32.7 Å². The molecule has 0 atom stereocenters. The Labute approximate surface area is 153 Å². The minimum absolute atomic E-state index is 0.0344. The number of hydrogen-bond acceptors (Lipinski definition) is 3. The number of amides is 3. The van der Waals surface area contributed by atoms with Crippen LogP contribution in [0.5, 0.6) is 0 Å². The molecule has 0 radical (unpaired) electrons. The molecule has 0 saturated carbocycles. The minimum atomic E-state index is -0.0624. The van der Waals surface area contributed by atoms with Gasteiger partial charge in [-0.2, -0.15) is 0 Å². The Morgan fingerprint density at radius 1 is 1.12 bits per heavy atom. The molecule has 0 unspecified atom stereocenters. The highest BCUT2D eigenvalue weighted by atomic mass is 16.3. The summed E-state index contributed by atoms with van der Waals surface area (Å²) in [6, 6.07) is 7.80. The van der Waals surface area contributed by atoms with Gasteiger partial charge in [0.05, 0.1) is 0 Å². The zero-order chi connectivity index (χ0) is 18.5. The second-order valence-corrected chi connectivity index (χ2v) is 6.27. The average molecular weight is 355 g/mol. The number of aryl methyl sites for hydroxylation is 1. The highest BCUT2D eigenvalue weighted by molar-refractivity contribution is 5.96. The molecule has 2 heterocycles. The molecule has 1 aliphatic heterocycles. The number of carbonyl (C=O) groups excluding carboxylic acids is 2. The van der Waals surface area contributed by atoms with E-state index in [1.54, 1.807) is 15.9 Å². The van der Waals surface area contributed by atoms with Gasteiger partial charge >= 0.3 is 6.03 Å². The smallest absolute Gasteiger partial charge is 0.317 e. The van der Waals surface area contributed by atoms with E-state index in [2.05, 4.69) is 5.32 Å². The normalized spacial score (nSPS) is 15.0. The first kappa shape index (κ1) is 18.0. The van der Waals surface area contributed by atoms with E-state index < -0.39 is 0 Å². The predicted molar refractivity (Wildman–Crippen MR) is 102 cm³/mol. The summed E-state index contributed by atoms with van der Waals surface area (Å²) < 4.78 is 5.86. The van der Waals surface area contributed by atoms with E-state index in [4.69, 9.17) is 4.42 Å². The predicted octanol–water partition coefficient (Wildman–Crippen LogP) is 2.88. The first-order chi connectivity index (χ1) is 12.6. The molecular formula is C20H25N3O3. The minimum Gasteiger partial charge on any atom is -0.460 e. The van der Waals surface area contributed by atoms with E-state index in [0.717, 1.165) is 28.7 Å². The molecule has 26 heavy (non-hydrogen) atoms. The van der Waals surface area contributed by atoms with Crippen LogP contribution in [0.4, 0.5) is 4.79 Å². The van der Waals surface area contributed by atoms with Crippen molar-refractivity contribution in [1.29, 1.82) is 0 Å². The summed E-state index contributed by atoms with van der Waals surface area (Å²) in [5, 5.41) is 3.81. The van der Waals surface area contributed by atoms with Crippen LogP contribution < -0.4 is 5.32 Å². The fraction of sp³-hybridized carbons (Fsp3) is 0.400. The second kappa shape index (κ2) is 8.08. The number of rotatable bonds is 4. The fourth-order valence-corrected chi connectivity index (χ4v) is 3.21. The van der Waals surface area contributed by atoms with Gasteiger partial charge in [-0.25, -0.2) is 4.79 Å². The van der Waals surface area contributed by atoms with Crippen LogP contribution in [0, 0.1) is 0 Å². The van der Waals surface area contributed by atoms with Gasteiger partial charge < -0.3 is 19.5 Å². The summed E-state index contributed by atoms with van der Waals surface area (Å²) in [7, 11) is 0. The Morgan fingerprint density at radius 3 is 2.50 bits per heavy atom. The van der Waals surface area contributed by atoms with E-state index in [1.807, 2.05) is 44.2 Å². The van der Waals surface area contributed by atoms with Crippen LogP contribution >= 0.6 is 0 Å². The number of para-hydroxylation sites is 1. The van der Waals surface area contributed by atoms with Crippen molar-refractivity contribution in [3.63, 3.8) is 0 Å². The maximum Gasteiger partial charge on any atom is 0.317 e. The standard InChI is InChI=1S/C20H25N3O3/c1-3-17-16(15-7-5-6-8-18(15)26-17)9-10-19(24)22-11-13-23(14-12-22)20(25)21-4-2/h5-10H,3-4,11-14H2,1-2H3,(H,21,25)/b10-9+. The molecule has 3 rings (SSSR count). The third-order valence-corrected chi connectivity index (χ3v) is 4.63. The monoisotopic (exact) mass is 355 g/mol. The van der Waals surface area contributed by atoms with Gasteiger partial charge in [-0.05, 0) is 19.1 Å². The Hall–Kier alpha value is -2.76. The van der Waals surface area contributed by atoms with Crippen molar-refractivity contribution < 1.29 is 14.0 Å². The van der Waals surface area contributed by atoms with E-state index in [1.165, 1.54) is 0 Å². The summed E-state index contributed by atoms with van der Waals surface area (Å²) in [5.41, 5.74) is 1.81. The average Bonchev–Trinajstić information content (AvgIpc) is 3.04. The van der Waals surface area contributed by atoms with Crippen LogP contribution in [0.3, 0.4) is 0 Å². The lowest BCUT2D eigenvalue weighted by atomic mass is 10.1. The number of urea groups is 1. The van der Waals surface area contributed by atoms with Gasteiger partial charge in [0.25, 0.3) is 0 Å². The van der Waals surface area contributed by atoms with E-state index >= 15 is 0 Å². The van der Waals surface area contributed by atoms with Gasteiger partial charge in [-0.15, -0.1) is 0 Å². The molecule has 6 heteroatoms. The zero-order valence-electron chi connectivity index (χ0n) is 15.3. The van der Waals surface area contributed by atoms with Crippen LogP contribution in [-0.2, 0) is 11.2 Å². The molecule has 2 aromatic rings. The lowest BCUT2D eigenvalue weighted by Gasteiger charge is -2.34. The maximum atomic E-state index is 12.5. The fourth-order valence-electron chi connectivity index (χ4n) is 3.21. The second-order valence-electron chi connectivity index (χ2n) is 6.27. The lowest BCUT2D eigenvalue weighted by Crippen LogP contribution is -2.52. The molecular weight excluding hydrogens is 330 g/mol. The van der Waals surface area contributed by atoms with Crippen LogP contribution in [0.2, 0.25) is 0 Å². The van der Waals surface area contributed by atoms with Crippen LogP contribution in [0.25, 0.3) is 17.0 Å². The van der Waals surface area contributed by atoms with E-state index in [-0.39, 0.29) is 11.9 Å². The Kier molecular flexibility index (Phi) is 5.61. The van der Waals surface area contributed by atoms with Gasteiger partial charge in [0.2, 0.25) is 5.91 Å². The number of carbonyl (C=O) groups is 2. The molecule has 0 spiro atoms. The molecule has 138 valence electrons. The number of hydrogen-bond donors (Lipinski definition) is 1. The van der Waals surface area contributed by atoms with Gasteiger partial charge in [-0.1, -0.05) is 25.1 Å². The third-order valence-electron chi connectivity index (χ3n) is 4.63. The van der Waals surface area contributed by atoms with Crippen LogP contribution in [0.15, 0.2) is 34.8 Å². The first-order valence-electron chi connectivity index (χ1n) is 9.14. The SMILES string of the molecule is CCNC(=O)N1CCN(C(=O)/C=C/c2c(CC)oc3ccccc23)CC1. The van der Waals surface area contributed by atoms with Crippen molar-refractivity contribution in [1.82, 2.24) is 15.1 Å². The van der Waals surface area contributed by atoms with Crippen molar-refractivity contribution in [3.05, 3.63) is 41.7 Å². The molecule has 1 fully saturated rings. The quantitative estimate of drug-likeness (QED) is 0.858. The van der Waals surface area contributed by atoms with Gasteiger partial charge in [0, 0.05) is 56.2 Å². The Balaban J connectivity index is 1.67. The highest BCUT2D eigenvalue weighted by Gasteiger charge is 2.22. The van der Waals surface area contributed by atoms with Gasteiger partial charge in [0.15, 0.2) is 0 Å². The molecule has 1 saturated heterocycles. The summed E-state index contributed by atoms with van der Waals surface area (Å²) in [4.78, 5) is 27.9. The summed E-state index contributed by atoms with van der Waals surface area (Å²) in [6.07, 6.45) is 4.23. The molecule has 0 aliphatic carbocycles. The number of piperazine rings is 1. The summed E-state index contributed by atoms with van der Waals surface area (Å²) in [6.45, 7) is 6.75. The third kappa shape index (κ3) is 3.74. The molecule has 3 amide bonds. The van der Waals surface area contributed by atoms with Crippen LogP contribution in [0.1, 0.15) is 25.2 Å². The number of fused-ring (bicyclic) bond motifs is 1. The van der Waals surface area contributed by atoms with Crippen molar-refractivity contribution >= 4 is 29.0 Å². The van der Waals surface area contributed by atoms with Crippen molar-refractivity contribution in [2.75, 3.05) is 32.7 Å². The Morgan fingerprint density at radius 2 is 1.81 bits per heavy atom. The number of furan rings is 1. The highest BCUT2D eigenvalue weighted by Crippen LogP contribution is 2.27. The maximum absolute atomic E-state index is 12.5. The van der Waals surface area contributed by atoms with Gasteiger partial charge in [-0.3, -0.25) is 4.79 Å². The van der Waals surface area contributed by atoms with Crippen LogP contribution in [-0.4, -0.2) is 54.5 Å². The molecule has 1 aliphatic rings. The first-order valence-corrected chi connectivity index (χ1v) is 9.14. The lowest BCUT2D eigenvalue weighted by molar-refractivity contribution is -0.127. The molecule has 1 aromatic heterocycles. The molecule has 1 aromatic carbocycles. The number of nitrogens with zero attached hydrogens (tertiary/aromatic N) is 2. The zero-order valence-corrected chi connectivity index (χ0v) is 15.3. The van der Waals surface area contributed by atoms with Crippen molar-refractivity contribution in [3.8, 4) is 0 Å². The molecule has 1 N–H and O–H groups in total. The number of benzene rings is 1. The molecule has 6 nitrogen and oxygen atoms in total. The van der Waals surface area contributed by atoms with Crippen molar-refractivity contribution in [2.24, 2.45) is 0 Å². The summed E-state index contributed by atoms with van der Waals surface area (Å²) >= 11 is 0. The topological polar surface area (TPSA) is 65.8 Å². The molecule has 0 bridgehead atoms. The largest absolute Gasteiger partial charge is 0.460 e. The van der Waals surface area contributed by atoms with E-state index in [9.17, 15) is 9.59 Å². The number of nitrogens with one attached hydrogen (secondary N) is 1.